The van der Waals surface area contributed by atoms with E-state index in [-0.39, 0.29) is 18.0 Å². The minimum Gasteiger partial charge on any atom is -0.480 e. The Bertz CT molecular complexity index is 473. The lowest BCUT2D eigenvalue weighted by atomic mass is 9.81. The second kappa shape index (κ2) is 5.14. The third-order valence-electron chi connectivity index (χ3n) is 3.10. The molecule has 0 heterocycles. The summed E-state index contributed by atoms with van der Waals surface area (Å²) in [6, 6.07) is 6.05. The Morgan fingerprint density at radius 3 is 2.50 bits per heavy atom. The molecular weight excluding hydrogens is 236 g/mol. The Balaban J connectivity index is 3.17. The lowest BCUT2D eigenvalue weighted by Crippen LogP contribution is -2.54. The van der Waals surface area contributed by atoms with Crippen LogP contribution in [0.15, 0.2) is 24.3 Å². The fourth-order valence-corrected chi connectivity index (χ4v) is 1.68. The number of aliphatic carboxylic acids is 1. The molecule has 0 bridgehead atoms. The summed E-state index contributed by atoms with van der Waals surface area (Å²) in [5, 5.41) is 20.1. The van der Waals surface area contributed by atoms with Gasteiger partial charge in [-0.1, -0.05) is 32.0 Å². The molecule has 0 aliphatic carbocycles. The molecule has 1 rings (SSSR count). The maximum atomic E-state index is 11.3. The van der Waals surface area contributed by atoms with Gasteiger partial charge in [0, 0.05) is 18.1 Å². The third-order valence-corrected chi connectivity index (χ3v) is 3.10. The number of hydrogen-bond acceptors (Lipinski definition) is 4. The van der Waals surface area contributed by atoms with E-state index in [1.54, 1.807) is 19.9 Å². The molecule has 0 saturated heterocycles. The number of nitro groups is 1. The fraction of sp³-hybridized carbons (Fsp3) is 0.417. The molecule has 1 aromatic carbocycles. The number of carboxylic acid groups (broad SMARTS) is 1. The second-order valence-corrected chi connectivity index (χ2v) is 4.56. The molecule has 1 atom stereocenters. The number of nitrogens with zero attached hydrogens (tertiary/aromatic N) is 1. The van der Waals surface area contributed by atoms with Gasteiger partial charge < -0.3 is 10.8 Å². The lowest BCUT2D eigenvalue weighted by Gasteiger charge is -2.28. The summed E-state index contributed by atoms with van der Waals surface area (Å²) in [6.45, 7) is 3.37. The molecule has 6 nitrogen and oxygen atoms in total. The summed E-state index contributed by atoms with van der Waals surface area (Å²) < 4.78 is 0. The summed E-state index contributed by atoms with van der Waals surface area (Å²) in [5.41, 5.74) is 4.59. The van der Waals surface area contributed by atoms with E-state index in [0.29, 0.717) is 5.56 Å². The summed E-state index contributed by atoms with van der Waals surface area (Å²) in [6.07, 6.45) is -0.0723. The van der Waals surface area contributed by atoms with Gasteiger partial charge in [-0.3, -0.25) is 14.9 Å². The lowest BCUT2D eigenvalue weighted by molar-refractivity contribution is -0.385. The zero-order valence-electron chi connectivity index (χ0n) is 10.3. The highest BCUT2D eigenvalue weighted by Gasteiger charge is 2.39. The van der Waals surface area contributed by atoms with E-state index in [4.69, 9.17) is 5.73 Å². The van der Waals surface area contributed by atoms with Crippen LogP contribution in [-0.4, -0.2) is 21.5 Å². The van der Waals surface area contributed by atoms with Crippen molar-refractivity contribution < 1.29 is 14.8 Å². The van der Waals surface area contributed by atoms with Crippen molar-refractivity contribution in [3.05, 3.63) is 39.9 Å². The SMILES string of the molecule is CC(C)C(N)(Cc1ccccc1[N+](=O)[O-])C(=O)O. The van der Waals surface area contributed by atoms with Crippen molar-refractivity contribution in [1.82, 2.24) is 0 Å². The highest BCUT2D eigenvalue weighted by molar-refractivity contribution is 5.79. The van der Waals surface area contributed by atoms with E-state index in [1.807, 2.05) is 0 Å². The van der Waals surface area contributed by atoms with Crippen molar-refractivity contribution in [1.29, 1.82) is 0 Å². The molecule has 0 aliphatic heterocycles. The Hall–Kier alpha value is -1.95. The fourth-order valence-electron chi connectivity index (χ4n) is 1.68. The highest BCUT2D eigenvalue weighted by Crippen LogP contribution is 2.26. The first-order valence-corrected chi connectivity index (χ1v) is 5.53. The number of hydrogen-bond donors (Lipinski definition) is 2. The number of carbonyl (C=O) groups is 1. The van der Waals surface area contributed by atoms with E-state index in [9.17, 15) is 20.0 Å². The Kier molecular flexibility index (Phi) is 4.03. The Labute approximate surface area is 105 Å². The number of para-hydroxylation sites is 1. The van der Waals surface area contributed by atoms with Gasteiger partial charge in [0.25, 0.3) is 5.69 Å². The molecule has 0 saturated carbocycles. The first-order chi connectivity index (χ1) is 8.29. The van der Waals surface area contributed by atoms with Gasteiger partial charge >= 0.3 is 5.97 Å². The van der Waals surface area contributed by atoms with Crippen molar-refractivity contribution in [3.8, 4) is 0 Å². The van der Waals surface area contributed by atoms with Gasteiger partial charge in [0.05, 0.1) is 4.92 Å². The van der Waals surface area contributed by atoms with Gasteiger partial charge in [-0.15, -0.1) is 0 Å². The topological polar surface area (TPSA) is 106 Å². The molecule has 6 heteroatoms. The van der Waals surface area contributed by atoms with Crippen LogP contribution in [0.4, 0.5) is 5.69 Å². The first-order valence-electron chi connectivity index (χ1n) is 5.53. The first kappa shape index (κ1) is 14.1. The van der Waals surface area contributed by atoms with Crippen LogP contribution in [0.3, 0.4) is 0 Å². The van der Waals surface area contributed by atoms with Crippen molar-refractivity contribution in [2.24, 2.45) is 11.7 Å². The van der Waals surface area contributed by atoms with E-state index >= 15 is 0 Å². The summed E-state index contributed by atoms with van der Waals surface area (Å²) in [5.74, 6) is -1.49. The molecule has 1 unspecified atom stereocenters. The second-order valence-electron chi connectivity index (χ2n) is 4.56. The number of carboxylic acids is 1. The standard InChI is InChI=1S/C12H16N2O4/c1-8(2)12(13,11(15)16)7-9-5-3-4-6-10(9)14(17)18/h3-6,8H,7,13H2,1-2H3,(H,15,16). The summed E-state index contributed by atoms with van der Waals surface area (Å²) in [7, 11) is 0. The van der Waals surface area contributed by atoms with Crippen LogP contribution in [0.5, 0.6) is 0 Å². The Morgan fingerprint density at radius 1 is 1.50 bits per heavy atom. The largest absolute Gasteiger partial charge is 0.480 e. The van der Waals surface area contributed by atoms with E-state index < -0.39 is 16.4 Å². The van der Waals surface area contributed by atoms with Crippen LogP contribution >= 0.6 is 0 Å². The number of rotatable bonds is 5. The molecule has 0 spiro atoms. The number of nitro benzene ring substituents is 1. The minimum absolute atomic E-state index is 0.0723. The normalized spacial score (nSPS) is 14.2. The summed E-state index contributed by atoms with van der Waals surface area (Å²) >= 11 is 0. The predicted molar refractivity (Wildman–Crippen MR) is 66.2 cm³/mol. The molecular formula is C12H16N2O4. The van der Waals surface area contributed by atoms with Crippen molar-refractivity contribution in [2.45, 2.75) is 25.8 Å². The van der Waals surface area contributed by atoms with Gasteiger partial charge in [-0.2, -0.15) is 0 Å². The average Bonchev–Trinajstić information content (AvgIpc) is 2.28. The molecule has 3 N–H and O–H groups in total. The maximum Gasteiger partial charge on any atom is 0.324 e. The van der Waals surface area contributed by atoms with Gasteiger partial charge in [-0.05, 0) is 5.92 Å². The van der Waals surface area contributed by atoms with E-state index in [0.717, 1.165) is 0 Å². The summed E-state index contributed by atoms with van der Waals surface area (Å²) in [4.78, 5) is 21.6. The highest BCUT2D eigenvalue weighted by atomic mass is 16.6. The number of nitrogens with two attached hydrogens (primary N) is 1. The van der Waals surface area contributed by atoms with E-state index in [1.165, 1.54) is 18.2 Å². The molecule has 0 aliphatic rings. The van der Waals surface area contributed by atoms with Gasteiger partial charge in [-0.25, -0.2) is 0 Å². The zero-order chi connectivity index (χ0) is 13.9. The van der Waals surface area contributed by atoms with Crippen LogP contribution in [0.2, 0.25) is 0 Å². The van der Waals surface area contributed by atoms with Gasteiger partial charge in [0.15, 0.2) is 0 Å². The minimum atomic E-state index is -1.51. The van der Waals surface area contributed by atoms with Crippen LogP contribution in [-0.2, 0) is 11.2 Å². The zero-order valence-corrected chi connectivity index (χ0v) is 10.3. The molecule has 0 radical (unpaired) electrons. The molecule has 0 aromatic heterocycles. The monoisotopic (exact) mass is 252 g/mol. The van der Waals surface area contributed by atoms with Crippen LogP contribution in [0.1, 0.15) is 19.4 Å². The average molecular weight is 252 g/mol. The third kappa shape index (κ3) is 2.65. The van der Waals surface area contributed by atoms with Gasteiger partial charge in [0.1, 0.15) is 5.54 Å². The quantitative estimate of drug-likeness (QED) is 0.611. The molecule has 18 heavy (non-hydrogen) atoms. The van der Waals surface area contributed by atoms with Crippen molar-refractivity contribution in [2.75, 3.05) is 0 Å². The number of benzene rings is 1. The molecule has 98 valence electrons. The van der Waals surface area contributed by atoms with Crippen molar-refractivity contribution >= 4 is 11.7 Å². The smallest absolute Gasteiger partial charge is 0.324 e. The van der Waals surface area contributed by atoms with Crippen LogP contribution < -0.4 is 5.73 Å². The molecule has 1 aromatic rings. The molecule has 0 amide bonds. The van der Waals surface area contributed by atoms with E-state index in [2.05, 4.69) is 0 Å². The van der Waals surface area contributed by atoms with Gasteiger partial charge in [0.2, 0.25) is 0 Å². The van der Waals surface area contributed by atoms with Crippen LogP contribution in [0.25, 0.3) is 0 Å². The molecule has 0 fully saturated rings. The Morgan fingerprint density at radius 2 is 2.06 bits per heavy atom. The van der Waals surface area contributed by atoms with Crippen LogP contribution in [0, 0.1) is 16.0 Å². The van der Waals surface area contributed by atoms with Crippen molar-refractivity contribution in [3.63, 3.8) is 0 Å². The predicted octanol–water partition coefficient (Wildman–Crippen LogP) is 1.58. The maximum absolute atomic E-state index is 11.3.